The monoisotopic (exact) mass is 422 g/mol. The van der Waals surface area contributed by atoms with Crippen LogP contribution in [0, 0.1) is 0 Å². The molecule has 0 spiro atoms. The summed E-state index contributed by atoms with van der Waals surface area (Å²) in [5, 5.41) is 12.2. The third kappa shape index (κ3) is 4.67. The Morgan fingerprint density at radius 3 is 2.76 bits per heavy atom. The Labute approximate surface area is 176 Å². The number of H-pyrrole nitrogens is 1. The van der Waals surface area contributed by atoms with Crippen molar-refractivity contribution < 1.29 is 9.53 Å². The van der Waals surface area contributed by atoms with Gasteiger partial charge in [-0.15, -0.1) is 16.4 Å². The van der Waals surface area contributed by atoms with Crippen LogP contribution in [0.5, 0.6) is 5.75 Å². The molecular weight excluding hydrogens is 404 g/mol. The zero-order valence-corrected chi connectivity index (χ0v) is 17.2. The molecule has 0 fully saturated rings. The highest BCUT2D eigenvalue weighted by atomic mass is 32.2. The van der Waals surface area contributed by atoms with Gasteiger partial charge in [-0.3, -0.25) is 9.89 Å². The summed E-state index contributed by atoms with van der Waals surface area (Å²) in [7, 11) is 1.60. The van der Waals surface area contributed by atoms with Crippen molar-refractivity contribution in [2.75, 3.05) is 12.4 Å². The van der Waals surface area contributed by atoms with Crippen molar-refractivity contribution in [3.05, 3.63) is 77.7 Å². The zero-order valence-electron chi connectivity index (χ0n) is 15.5. The van der Waals surface area contributed by atoms with E-state index in [0.717, 1.165) is 10.4 Å². The first-order valence-electron chi connectivity index (χ1n) is 8.86. The van der Waals surface area contributed by atoms with Crippen LogP contribution in [0.1, 0.15) is 10.8 Å². The normalized spacial score (nSPS) is 11.8. The number of methoxy groups -OCH3 is 1. The lowest BCUT2D eigenvalue weighted by atomic mass is 10.1. The summed E-state index contributed by atoms with van der Waals surface area (Å²) in [5.41, 5.74) is 1.55. The molecule has 1 amide bonds. The number of amides is 1. The summed E-state index contributed by atoms with van der Waals surface area (Å²) < 4.78 is 5.24. The molecule has 2 aromatic carbocycles. The molecule has 146 valence electrons. The second-order valence-electron chi connectivity index (χ2n) is 6.07. The Morgan fingerprint density at radius 1 is 1.14 bits per heavy atom. The van der Waals surface area contributed by atoms with Gasteiger partial charge in [0.05, 0.1) is 12.0 Å². The number of thiophene rings is 1. The summed E-state index contributed by atoms with van der Waals surface area (Å²) in [5.74, 6) is 1.22. The minimum absolute atomic E-state index is 0.156. The van der Waals surface area contributed by atoms with Crippen LogP contribution in [-0.4, -0.2) is 28.2 Å². The van der Waals surface area contributed by atoms with Gasteiger partial charge < -0.3 is 10.1 Å². The van der Waals surface area contributed by atoms with E-state index in [-0.39, 0.29) is 5.91 Å². The van der Waals surface area contributed by atoms with Gasteiger partial charge in [-0.05, 0) is 29.1 Å². The molecule has 8 heteroatoms. The van der Waals surface area contributed by atoms with Crippen LogP contribution >= 0.6 is 23.1 Å². The molecule has 2 aromatic heterocycles. The predicted molar refractivity (Wildman–Crippen MR) is 116 cm³/mol. The largest absolute Gasteiger partial charge is 0.497 e. The Balaban J connectivity index is 1.57. The van der Waals surface area contributed by atoms with E-state index >= 15 is 0 Å². The van der Waals surface area contributed by atoms with Crippen LogP contribution < -0.4 is 10.1 Å². The van der Waals surface area contributed by atoms with E-state index in [1.54, 1.807) is 24.5 Å². The molecule has 0 aliphatic rings. The summed E-state index contributed by atoms with van der Waals surface area (Å²) in [6.45, 7) is 0. The number of aromatic nitrogens is 3. The van der Waals surface area contributed by atoms with E-state index < -0.39 is 5.25 Å². The fourth-order valence-corrected chi connectivity index (χ4v) is 4.31. The van der Waals surface area contributed by atoms with Gasteiger partial charge in [0.2, 0.25) is 11.1 Å². The van der Waals surface area contributed by atoms with Crippen molar-refractivity contribution in [3.63, 3.8) is 0 Å². The number of nitrogens with zero attached hydrogens (tertiary/aromatic N) is 2. The highest BCUT2D eigenvalue weighted by Gasteiger charge is 2.24. The van der Waals surface area contributed by atoms with Crippen LogP contribution in [-0.2, 0) is 4.79 Å². The number of aromatic amines is 1. The van der Waals surface area contributed by atoms with Gasteiger partial charge in [-0.1, -0.05) is 54.2 Å². The molecule has 2 heterocycles. The molecule has 0 unspecified atom stereocenters. The Morgan fingerprint density at radius 2 is 2.00 bits per heavy atom. The number of rotatable bonds is 7. The SMILES string of the molecule is COc1cccc(NC(=O)[C@@H](Sc2n[nH]c(-c3cccs3)n2)c2ccccc2)c1. The van der Waals surface area contributed by atoms with Crippen molar-refractivity contribution in [2.24, 2.45) is 0 Å². The van der Waals surface area contributed by atoms with Crippen LogP contribution in [0.3, 0.4) is 0 Å². The Bertz CT molecular complexity index is 1080. The van der Waals surface area contributed by atoms with Crippen molar-refractivity contribution in [2.45, 2.75) is 10.4 Å². The molecule has 0 radical (unpaired) electrons. The summed E-state index contributed by atoms with van der Waals surface area (Å²) in [6.07, 6.45) is 0. The van der Waals surface area contributed by atoms with Crippen molar-refractivity contribution in [1.29, 1.82) is 0 Å². The number of carbonyl (C=O) groups is 1. The first-order chi connectivity index (χ1) is 14.2. The van der Waals surface area contributed by atoms with E-state index in [2.05, 4.69) is 20.5 Å². The summed E-state index contributed by atoms with van der Waals surface area (Å²) in [6, 6.07) is 20.8. The van der Waals surface area contributed by atoms with E-state index in [0.29, 0.717) is 22.4 Å². The molecule has 29 heavy (non-hydrogen) atoms. The molecule has 0 aliphatic heterocycles. The Hall–Kier alpha value is -3.10. The molecule has 0 saturated carbocycles. The molecule has 0 aliphatic carbocycles. The number of carbonyl (C=O) groups excluding carboxylic acids is 1. The minimum atomic E-state index is -0.505. The standard InChI is InChI=1S/C21H18N4O2S2/c1-27-16-10-5-9-15(13-16)22-20(26)18(14-7-3-2-4-8-14)29-21-23-19(24-25-21)17-11-6-12-28-17/h2-13,18H,1H3,(H,22,26)(H,23,24,25)/t18-/m0/s1. The smallest absolute Gasteiger partial charge is 0.242 e. The van der Waals surface area contributed by atoms with Gasteiger partial charge in [-0.2, -0.15) is 0 Å². The van der Waals surface area contributed by atoms with Crippen molar-refractivity contribution >= 4 is 34.7 Å². The molecular formula is C21H18N4O2S2. The van der Waals surface area contributed by atoms with Gasteiger partial charge in [0.25, 0.3) is 0 Å². The van der Waals surface area contributed by atoms with Crippen molar-refractivity contribution in [1.82, 2.24) is 15.2 Å². The molecule has 1 atom stereocenters. The number of thioether (sulfide) groups is 1. The zero-order chi connectivity index (χ0) is 20.1. The lowest BCUT2D eigenvalue weighted by molar-refractivity contribution is -0.115. The first-order valence-corrected chi connectivity index (χ1v) is 10.6. The lowest BCUT2D eigenvalue weighted by Gasteiger charge is -2.15. The molecule has 0 saturated heterocycles. The van der Waals surface area contributed by atoms with Gasteiger partial charge >= 0.3 is 0 Å². The fourth-order valence-electron chi connectivity index (χ4n) is 2.74. The number of anilines is 1. The number of hydrogen-bond donors (Lipinski definition) is 2. The van der Waals surface area contributed by atoms with Crippen molar-refractivity contribution in [3.8, 4) is 16.5 Å². The average Bonchev–Trinajstić information content (AvgIpc) is 3.44. The average molecular weight is 423 g/mol. The summed E-state index contributed by atoms with van der Waals surface area (Å²) >= 11 is 2.89. The number of hydrogen-bond acceptors (Lipinski definition) is 6. The minimum Gasteiger partial charge on any atom is -0.497 e. The van der Waals surface area contributed by atoms with E-state index in [1.165, 1.54) is 11.8 Å². The number of benzene rings is 2. The molecule has 6 nitrogen and oxygen atoms in total. The second-order valence-corrected chi connectivity index (χ2v) is 8.09. The fraction of sp³-hybridized carbons (Fsp3) is 0.0952. The number of ether oxygens (including phenoxy) is 1. The third-order valence-electron chi connectivity index (χ3n) is 4.12. The highest BCUT2D eigenvalue weighted by Crippen LogP contribution is 2.35. The van der Waals surface area contributed by atoms with E-state index in [4.69, 9.17) is 4.74 Å². The van der Waals surface area contributed by atoms with Crippen LogP contribution in [0.25, 0.3) is 10.7 Å². The maximum Gasteiger partial charge on any atom is 0.242 e. The van der Waals surface area contributed by atoms with Gasteiger partial charge in [0, 0.05) is 11.8 Å². The highest BCUT2D eigenvalue weighted by molar-refractivity contribution is 8.00. The van der Waals surface area contributed by atoms with E-state index in [9.17, 15) is 4.79 Å². The first kappa shape index (κ1) is 19.2. The van der Waals surface area contributed by atoms with Gasteiger partial charge in [0.1, 0.15) is 11.0 Å². The van der Waals surface area contributed by atoms with E-state index in [1.807, 2.05) is 66.0 Å². The topological polar surface area (TPSA) is 79.9 Å². The summed E-state index contributed by atoms with van der Waals surface area (Å²) in [4.78, 5) is 18.7. The maximum atomic E-state index is 13.1. The molecule has 4 rings (SSSR count). The van der Waals surface area contributed by atoms with Crippen LogP contribution in [0.2, 0.25) is 0 Å². The molecule has 2 N–H and O–H groups in total. The third-order valence-corrected chi connectivity index (χ3v) is 6.11. The van der Waals surface area contributed by atoms with Gasteiger partial charge in [-0.25, -0.2) is 4.98 Å². The second kappa shape index (κ2) is 8.93. The molecule has 0 bridgehead atoms. The van der Waals surface area contributed by atoms with Crippen LogP contribution in [0.4, 0.5) is 5.69 Å². The predicted octanol–water partition coefficient (Wildman–Crippen LogP) is 5.01. The maximum absolute atomic E-state index is 13.1. The lowest BCUT2D eigenvalue weighted by Crippen LogP contribution is -2.19. The number of nitrogens with one attached hydrogen (secondary N) is 2. The van der Waals surface area contributed by atoms with Crippen LogP contribution in [0.15, 0.2) is 77.3 Å². The molecule has 4 aromatic rings. The Kier molecular flexibility index (Phi) is 5.92. The van der Waals surface area contributed by atoms with Gasteiger partial charge in [0.15, 0.2) is 5.82 Å². The quantitative estimate of drug-likeness (QED) is 0.409.